The van der Waals surface area contributed by atoms with Crippen molar-refractivity contribution in [3.8, 4) is 0 Å². The fourth-order valence-electron chi connectivity index (χ4n) is 6.91. The number of amidine groups is 1. The third kappa shape index (κ3) is 4.53. The number of carbonyl (C=O) groups is 1. The first-order valence-electron chi connectivity index (χ1n) is 13.6. The first-order chi connectivity index (χ1) is 19.9. The van der Waals surface area contributed by atoms with Gasteiger partial charge in [0.15, 0.2) is 11.6 Å². The predicted octanol–water partition coefficient (Wildman–Crippen LogP) is 6.20. The van der Waals surface area contributed by atoms with Crippen LogP contribution in [-0.4, -0.2) is 75.4 Å². The number of carbonyl (C=O) groups excluding carboxylic acids is 1. The molecule has 3 unspecified atom stereocenters. The summed E-state index contributed by atoms with van der Waals surface area (Å²) in [6.45, 7) is 3.48. The van der Waals surface area contributed by atoms with Gasteiger partial charge in [-0.3, -0.25) is 5.10 Å². The Kier molecular flexibility index (Phi) is 6.99. The van der Waals surface area contributed by atoms with Crippen molar-refractivity contribution in [3.05, 3.63) is 64.8 Å². The number of nitrogens with one attached hydrogen (secondary N) is 1. The van der Waals surface area contributed by atoms with Gasteiger partial charge in [0.25, 0.3) is 5.17 Å². The summed E-state index contributed by atoms with van der Waals surface area (Å²) in [5.41, 5.74) is -2.29. The molecule has 1 aromatic heterocycles. The summed E-state index contributed by atoms with van der Waals surface area (Å²) in [7, 11) is 0. The van der Waals surface area contributed by atoms with Crippen LogP contribution < -0.4 is 0 Å². The van der Waals surface area contributed by atoms with Crippen LogP contribution in [0.2, 0.25) is 0 Å². The summed E-state index contributed by atoms with van der Waals surface area (Å²) < 4.78 is 89.0. The molecule has 0 aliphatic carbocycles. The van der Waals surface area contributed by atoms with E-state index in [1.165, 1.54) is 0 Å². The summed E-state index contributed by atoms with van der Waals surface area (Å²) >= 11 is 1.54. The van der Waals surface area contributed by atoms with Gasteiger partial charge in [0.05, 0.1) is 42.5 Å². The summed E-state index contributed by atoms with van der Waals surface area (Å²) in [6, 6.07) is 7.21. The molecule has 2 aromatic carbocycles. The molecule has 224 valence electrons. The van der Waals surface area contributed by atoms with Gasteiger partial charge >= 0.3 is 18.4 Å². The monoisotopic (exact) mass is 612 g/mol. The number of aromatic nitrogens is 2. The Morgan fingerprint density at radius 3 is 2.64 bits per heavy atom. The quantitative estimate of drug-likeness (QED) is 0.216. The Bertz CT molecular complexity index is 1560. The number of hydrogen-bond donors (Lipinski definition) is 1. The fourth-order valence-corrected chi connectivity index (χ4v) is 8.07. The van der Waals surface area contributed by atoms with E-state index in [2.05, 4.69) is 10.2 Å². The lowest BCUT2D eigenvalue weighted by atomic mass is 9.84. The zero-order valence-electron chi connectivity index (χ0n) is 22.6. The number of fused-ring (bicyclic) bond motifs is 2. The maximum atomic E-state index is 14.4. The second kappa shape index (κ2) is 10.2. The lowest BCUT2D eigenvalue weighted by Crippen LogP contribution is -2.45. The van der Waals surface area contributed by atoms with E-state index in [1.54, 1.807) is 29.8 Å². The average molecular weight is 613 g/mol. The van der Waals surface area contributed by atoms with Crippen LogP contribution in [0.1, 0.15) is 35.6 Å². The first kappa shape index (κ1) is 28.8. The van der Waals surface area contributed by atoms with Crippen molar-refractivity contribution < 1.29 is 40.4 Å². The van der Waals surface area contributed by atoms with Gasteiger partial charge in [0, 0.05) is 36.1 Å². The Balaban J connectivity index is 1.52. The van der Waals surface area contributed by atoms with Crippen LogP contribution in [0.25, 0.3) is 10.9 Å². The molecule has 3 aliphatic heterocycles. The van der Waals surface area contributed by atoms with Gasteiger partial charge < -0.3 is 9.64 Å². The number of halogens is 6. The van der Waals surface area contributed by atoms with E-state index < -0.39 is 35.1 Å². The van der Waals surface area contributed by atoms with Gasteiger partial charge in [0.2, 0.25) is 0 Å². The molecular weight excluding hydrogens is 584 g/mol. The van der Waals surface area contributed by atoms with Crippen molar-refractivity contribution in [1.29, 1.82) is 0 Å². The van der Waals surface area contributed by atoms with Crippen LogP contribution in [0.15, 0.2) is 47.6 Å². The van der Waals surface area contributed by atoms with E-state index in [9.17, 15) is 31.1 Å². The SMILES string of the molecule is CCOC(=O)N1CCC2C(Cc3ccc(C(F)(F)F)cc3C(F)(F)F)(c3ccc4[nH]ncc4c3)[N+]2(C2=NCCS2)CC1. The van der Waals surface area contributed by atoms with Crippen LogP contribution in [0, 0.1) is 0 Å². The van der Waals surface area contributed by atoms with Crippen molar-refractivity contribution in [2.45, 2.75) is 43.7 Å². The molecule has 4 heterocycles. The number of thioether (sulfide) groups is 1. The Morgan fingerprint density at radius 1 is 1.14 bits per heavy atom. The minimum atomic E-state index is -5.00. The maximum absolute atomic E-state index is 14.4. The normalized spacial score (nSPS) is 26.1. The number of ether oxygens (including phenoxy) is 1. The second-order valence-corrected chi connectivity index (χ2v) is 11.8. The smallest absolute Gasteiger partial charge is 0.416 e. The number of alkyl halides is 6. The predicted molar refractivity (Wildman–Crippen MR) is 145 cm³/mol. The standard InChI is InChI=1S/C28H28F6N5O2S/c1-2-41-25(40)38-9-7-23-26(19-5-6-22-18(13-19)16-36-37-22,39(23,11-10-38)24-35-8-12-42-24)15-17-3-4-20(27(29,30)31)14-21(17)28(32,33)34/h3-6,13-14,16,23H,2,7-12,15H2,1H3,(H,36,37)/q+1. The highest BCUT2D eigenvalue weighted by molar-refractivity contribution is 8.13. The molecule has 3 aromatic rings. The molecule has 7 nitrogen and oxygen atoms in total. The molecule has 1 N–H and O–H groups in total. The Morgan fingerprint density at radius 2 is 1.95 bits per heavy atom. The van der Waals surface area contributed by atoms with Gasteiger partial charge in [-0.1, -0.05) is 12.1 Å². The van der Waals surface area contributed by atoms with Gasteiger partial charge in [-0.2, -0.15) is 31.4 Å². The van der Waals surface area contributed by atoms with E-state index in [0.29, 0.717) is 38.4 Å². The number of benzene rings is 2. The van der Waals surface area contributed by atoms with E-state index in [0.717, 1.165) is 33.8 Å². The number of hydrogen-bond acceptors (Lipinski definition) is 5. The fraction of sp³-hybridized carbons (Fsp3) is 0.464. The molecule has 1 amide bonds. The van der Waals surface area contributed by atoms with Crippen LogP contribution in [0.5, 0.6) is 0 Å². The van der Waals surface area contributed by atoms with Gasteiger partial charge in [-0.25, -0.2) is 14.3 Å². The lowest BCUT2D eigenvalue weighted by molar-refractivity contribution is -0.747. The molecule has 3 atom stereocenters. The number of aromatic amines is 1. The largest absolute Gasteiger partial charge is 0.450 e. The van der Waals surface area contributed by atoms with Crippen molar-refractivity contribution in [1.82, 2.24) is 15.1 Å². The van der Waals surface area contributed by atoms with E-state index in [-0.39, 0.29) is 35.2 Å². The van der Waals surface area contributed by atoms with Crippen LogP contribution in [-0.2, 0) is 29.0 Å². The molecule has 42 heavy (non-hydrogen) atoms. The molecular formula is C28H28F6N5O2S+. The van der Waals surface area contributed by atoms with Crippen LogP contribution in [0.3, 0.4) is 0 Å². The summed E-state index contributed by atoms with van der Waals surface area (Å²) in [5.74, 6) is 0.717. The zero-order chi connectivity index (χ0) is 29.9. The molecule has 14 heteroatoms. The second-order valence-electron chi connectivity index (χ2n) is 10.7. The zero-order valence-corrected chi connectivity index (χ0v) is 23.4. The summed E-state index contributed by atoms with van der Waals surface area (Å²) in [6.07, 6.45) is -8.45. The maximum Gasteiger partial charge on any atom is 0.416 e. The molecule has 2 saturated heterocycles. The highest BCUT2D eigenvalue weighted by atomic mass is 32.2. The molecule has 0 saturated carbocycles. The lowest BCUT2D eigenvalue weighted by Gasteiger charge is -2.29. The van der Waals surface area contributed by atoms with E-state index in [4.69, 9.17) is 9.73 Å². The van der Waals surface area contributed by atoms with Gasteiger partial charge in [-0.05, 0) is 48.5 Å². The third-order valence-corrected chi connectivity index (χ3v) is 9.80. The highest BCUT2D eigenvalue weighted by Gasteiger charge is 2.82. The van der Waals surface area contributed by atoms with Crippen LogP contribution in [0.4, 0.5) is 31.1 Å². The first-order valence-corrected chi connectivity index (χ1v) is 14.6. The minimum Gasteiger partial charge on any atom is -0.450 e. The molecule has 0 bridgehead atoms. The molecule has 0 spiro atoms. The number of H-pyrrole nitrogens is 1. The minimum absolute atomic E-state index is 0.160. The molecule has 2 fully saturated rings. The number of nitrogens with zero attached hydrogens (tertiary/aromatic N) is 4. The summed E-state index contributed by atoms with van der Waals surface area (Å²) in [5, 5.41) is 8.52. The Hall–Kier alpha value is -3.26. The van der Waals surface area contributed by atoms with Crippen molar-refractivity contribution in [2.75, 3.05) is 38.5 Å². The van der Waals surface area contributed by atoms with E-state index >= 15 is 0 Å². The summed E-state index contributed by atoms with van der Waals surface area (Å²) in [4.78, 5) is 19.0. The van der Waals surface area contributed by atoms with Gasteiger partial charge in [-0.15, -0.1) is 0 Å². The van der Waals surface area contributed by atoms with Crippen LogP contribution >= 0.6 is 11.8 Å². The number of quaternary nitrogens is 1. The van der Waals surface area contributed by atoms with E-state index in [1.807, 2.05) is 18.2 Å². The molecule has 3 aliphatic rings. The number of amides is 1. The van der Waals surface area contributed by atoms with Gasteiger partial charge in [0.1, 0.15) is 6.54 Å². The van der Waals surface area contributed by atoms with Crippen molar-refractivity contribution in [3.63, 3.8) is 0 Å². The average Bonchev–Trinajstić information content (AvgIpc) is 3.31. The van der Waals surface area contributed by atoms with Crippen molar-refractivity contribution in [2.24, 2.45) is 4.99 Å². The third-order valence-electron chi connectivity index (χ3n) is 8.70. The Labute approximate surface area is 241 Å². The number of rotatable bonds is 4. The highest BCUT2D eigenvalue weighted by Crippen LogP contribution is 2.64. The van der Waals surface area contributed by atoms with Crippen molar-refractivity contribution >= 4 is 33.9 Å². The number of aliphatic imine (C=N–C) groups is 1. The molecule has 6 rings (SSSR count). The topological polar surface area (TPSA) is 70.6 Å². The molecule has 0 radical (unpaired) electrons.